The minimum Gasteiger partial charge on any atom is -0.392 e. The minimum atomic E-state index is -0.849. The molecule has 5 aliphatic rings. The second kappa shape index (κ2) is 8.54. The number of hydrogen-bond acceptors (Lipinski definition) is 4. The third kappa shape index (κ3) is 3.54. The van der Waals surface area contributed by atoms with Gasteiger partial charge in [0, 0.05) is 18.0 Å². The highest BCUT2D eigenvalue weighted by Crippen LogP contribution is 2.59. The summed E-state index contributed by atoms with van der Waals surface area (Å²) in [5.74, 6) is 0.409. The summed E-state index contributed by atoms with van der Waals surface area (Å²) < 4.78 is 0. The second-order valence-electron chi connectivity index (χ2n) is 10.6. The van der Waals surface area contributed by atoms with Crippen LogP contribution in [0.3, 0.4) is 0 Å². The monoisotopic (exact) mass is 412 g/mol. The molecule has 4 heteroatoms. The van der Waals surface area contributed by atoms with Crippen LogP contribution in [0.25, 0.3) is 0 Å². The van der Waals surface area contributed by atoms with Gasteiger partial charge in [0.25, 0.3) is 0 Å². The smallest absolute Gasteiger partial charge is 0.0995 e. The van der Waals surface area contributed by atoms with Crippen LogP contribution < -0.4 is 0 Å². The molecular formula is C26H40N2O2. The van der Waals surface area contributed by atoms with Crippen molar-refractivity contribution in [3.05, 3.63) is 36.0 Å². The Hall–Kier alpha value is -0.940. The van der Waals surface area contributed by atoms with Gasteiger partial charge in [-0.3, -0.25) is 4.90 Å². The fourth-order valence-electron chi connectivity index (χ4n) is 7.66. The van der Waals surface area contributed by atoms with Crippen LogP contribution in [0, 0.1) is 11.3 Å². The minimum absolute atomic E-state index is 0.0525. The van der Waals surface area contributed by atoms with Gasteiger partial charge in [-0.25, -0.2) is 0 Å². The molecule has 1 spiro atoms. The van der Waals surface area contributed by atoms with E-state index in [2.05, 4.69) is 40.2 Å². The van der Waals surface area contributed by atoms with Crippen LogP contribution in [0.1, 0.15) is 64.2 Å². The van der Waals surface area contributed by atoms with Crippen molar-refractivity contribution in [3.8, 4) is 0 Å². The van der Waals surface area contributed by atoms with Crippen molar-refractivity contribution in [3.63, 3.8) is 0 Å². The zero-order valence-corrected chi connectivity index (χ0v) is 18.5. The first-order valence-corrected chi connectivity index (χ1v) is 12.5. The SMILES string of the molecule is OCC1=CC2(O)CCC=CCCCCN3CCC1C1(CC4/C=C\CCCCN4C21)C3. The van der Waals surface area contributed by atoms with Crippen LogP contribution in [0.15, 0.2) is 36.0 Å². The van der Waals surface area contributed by atoms with E-state index in [1.54, 1.807) is 0 Å². The first-order valence-electron chi connectivity index (χ1n) is 12.5. The summed E-state index contributed by atoms with van der Waals surface area (Å²) in [6, 6.07) is 0.592. The fraction of sp³-hybridized carbons (Fsp3) is 0.769. The number of nitrogens with zero attached hydrogens (tertiary/aromatic N) is 2. The van der Waals surface area contributed by atoms with E-state index in [9.17, 15) is 10.2 Å². The molecule has 30 heavy (non-hydrogen) atoms. The van der Waals surface area contributed by atoms with E-state index in [-0.39, 0.29) is 18.1 Å². The molecule has 0 saturated carbocycles. The molecule has 5 rings (SSSR count). The normalized spacial score (nSPS) is 45.7. The van der Waals surface area contributed by atoms with E-state index in [4.69, 9.17) is 0 Å². The van der Waals surface area contributed by atoms with E-state index in [0.717, 1.165) is 57.3 Å². The van der Waals surface area contributed by atoms with Gasteiger partial charge < -0.3 is 15.1 Å². The molecule has 2 saturated heterocycles. The van der Waals surface area contributed by atoms with Crippen LogP contribution in [0.5, 0.6) is 0 Å². The average molecular weight is 413 g/mol. The number of piperidine rings is 1. The molecule has 6 atom stereocenters. The largest absolute Gasteiger partial charge is 0.392 e. The molecule has 0 radical (unpaired) electrons. The quantitative estimate of drug-likeness (QED) is 0.645. The lowest BCUT2D eigenvalue weighted by molar-refractivity contribution is -0.0985. The van der Waals surface area contributed by atoms with Crippen LogP contribution >= 0.6 is 0 Å². The summed E-state index contributed by atoms with van der Waals surface area (Å²) in [4.78, 5) is 5.37. The molecule has 166 valence electrons. The summed E-state index contributed by atoms with van der Waals surface area (Å²) >= 11 is 0. The summed E-state index contributed by atoms with van der Waals surface area (Å²) in [7, 11) is 0. The van der Waals surface area contributed by atoms with Crippen molar-refractivity contribution in [2.45, 2.75) is 81.9 Å². The summed E-state index contributed by atoms with van der Waals surface area (Å²) in [6.07, 6.45) is 22.8. The van der Waals surface area contributed by atoms with E-state index in [0.29, 0.717) is 12.0 Å². The molecule has 4 nitrogen and oxygen atoms in total. The maximum atomic E-state index is 12.2. The van der Waals surface area contributed by atoms with E-state index in [1.807, 2.05) is 0 Å². The highest BCUT2D eigenvalue weighted by Gasteiger charge is 2.65. The number of fused-ring (bicyclic) bond motifs is 2. The lowest BCUT2D eigenvalue weighted by Gasteiger charge is -2.58. The molecule has 0 aromatic rings. The maximum absolute atomic E-state index is 12.2. The zero-order valence-electron chi connectivity index (χ0n) is 18.5. The molecule has 0 aromatic carbocycles. The second-order valence-corrected chi connectivity index (χ2v) is 10.6. The van der Waals surface area contributed by atoms with Gasteiger partial charge in [-0.05, 0) is 101 Å². The van der Waals surface area contributed by atoms with E-state index in [1.165, 1.54) is 38.6 Å². The first kappa shape index (κ1) is 20.9. The Labute approximate surface area is 182 Å². The molecule has 3 bridgehead atoms. The van der Waals surface area contributed by atoms with Gasteiger partial charge in [-0.2, -0.15) is 0 Å². The first-order chi connectivity index (χ1) is 14.7. The molecule has 4 aliphatic heterocycles. The van der Waals surface area contributed by atoms with Gasteiger partial charge in [0.15, 0.2) is 0 Å². The van der Waals surface area contributed by atoms with Crippen LogP contribution in [-0.4, -0.2) is 70.5 Å². The van der Waals surface area contributed by atoms with Crippen molar-refractivity contribution < 1.29 is 10.2 Å². The van der Waals surface area contributed by atoms with Gasteiger partial charge >= 0.3 is 0 Å². The predicted molar refractivity (Wildman–Crippen MR) is 121 cm³/mol. The summed E-state index contributed by atoms with van der Waals surface area (Å²) in [5.41, 5.74) is 0.320. The van der Waals surface area contributed by atoms with Crippen molar-refractivity contribution >= 4 is 0 Å². The average Bonchev–Trinajstić information content (AvgIpc) is 3.01. The Morgan fingerprint density at radius 1 is 0.967 bits per heavy atom. The van der Waals surface area contributed by atoms with Crippen LogP contribution in [-0.2, 0) is 0 Å². The van der Waals surface area contributed by atoms with Gasteiger partial charge in [-0.15, -0.1) is 0 Å². The number of hydrogen-bond donors (Lipinski definition) is 2. The number of allylic oxidation sites excluding steroid dienone is 3. The Morgan fingerprint density at radius 2 is 1.77 bits per heavy atom. The van der Waals surface area contributed by atoms with E-state index < -0.39 is 5.60 Å². The lowest BCUT2D eigenvalue weighted by atomic mass is 9.55. The lowest BCUT2D eigenvalue weighted by Crippen LogP contribution is -2.66. The Balaban J connectivity index is 1.62. The van der Waals surface area contributed by atoms with E-state index >= 15 is 0 Å². The number of aliphatic hydroxyl groups is 2. The molecule has 0 aromatic heterocycles. The number of rotatable bonds is 1. The fourth-order valence-corrected chi connectivity index (χ4v) is 7.66. The molecule has 6 unspecified atom stereocenters. The van der Waals surface area contributed by atoms with Gasteiger partial charge in [0.1, 0.15) is 0 Å². The van der Waals surface area contributed by atoms with Gasteiger partial charge in [0.05, 0.1) is 18.2 Å². The molecule has 4 heterocycles. The highest BCUT2D eigenvalue weighted by molar-refractivity contribution is 5.34. The van der Waals surface area contributed by atoms with Crippen LogP contribution in [0.2, 0.25) is 0 Å². The highest BCUT2D eigenvalue weighted by atomic mass is 16.3. The van der Waals surface area contributed by atoms with Gasteiger partial charge in [-0.1, -0.05) is 24.3 Å². The third-order valence-corrected chi connectivity index (χ3v) is 8.74. The Morgan fingerprint density at radius 3 is 2.63 bits per heavy atom. The molecule has 2 fully saturated rings. The van der Waals surface area contributed by atoms with Gasteiger partial charge in [0.2, 0.25) is 0 Å². The predicted octanol–water partition coefficient (Wildman–Crippen LogP) is 3.66. The number of aliphatic hydroxyl groups excluding tert-OH is 1. The zero-order chi connectivity index (χ0) is 20.6. The van der Waals surface area contributed by atoms with Crippen molar-refractivity contribution in [2.75, 3.05) is 32.8 Å². The van der Waals surface area contributed by atoms with Crippen molar-refractivity contribution in [1.29, 1.82) is 0 Å². The molecule has 1 aliphatic carbocycles. The summed E-state index contributed by atoms with van der Waals surface area (Å²) in [5, 5.41) is 22.6. The topological polar surface area (TPSA) is 46.9 Å². The maximum Gasteiger partial charge on any atom is 0.0995 e. The van der Waals surface area contributed by atoms with Crippen molar-refractivity contribution in [1.82, 2.24) is 9.80 Å². The van der Waals surface area contributed by atoms with Crippen LogP contribution in [0.4, 0.5) is 0 Å². The molecular weight excluding hydrogens is 372 g/mol. The molecule has 2 N–H and O–H groups in total. The third-order valence-electron chi connectivity index (χ3n) is 8.74. The Kier molecular flexibility index (Phi) is 5.96. The standard InChI is InChI=1S/C26H40N2O2/c29-19-21-17-26(30)13-8-4-1-2-5-9-14-27-16-12-23(21)25(20-27)18-22-11-7-3-6-10-15-28(22)24(25)26/h1,4,7,11,17,22-24,29-30H,2-3,5-6,8-10,12-16,18-20H2/b4-1?,11-7-. The molecule has 0 amide bonds. The Bertz CT molecular complexity index is 716. The van der Waals surface area contributed by atoms with Crippen molar-refractivity contribution in [2.24, 2.45) is 11.3 Å². The summed E-state index contributed by atoms with van der Waals surface area (Å²) in [6.45, 7) is 4.57.